The number of nitrogens with zero attached hydrogens (tertiary/aromatic N) is 3. The molecule has 162 valence electrons. The number of carbonyl (C=O) groups excluding carboxylic acids is 1. The third-order valence-electron chi connectivity index (χ3n) is 4.33. The monoisotopic (exact) mass is 442 g/mol. The average molecular weight is 442 g/mol. The molecule has 1 N–H and O–H groups in total. The van der Waals surface area contributed by atoms with E-state index in [9.17, 15) is 13.2 Å². The maximum absolute atomic E-state index is 12.8. The molecule has 0 aliphatic carbocycles. The van der Waals surface area contributed by atoms with Gasteiger partial charge in [-0.1, -0.05) is 0 Å². The summed E-state index contributed by atoms with van der Waals surface area (Å²) in [4.78, 5) is 20.8. The second-order valence-corrected chi connectivity index (χ2v) is 8.72. The fourth-order valence-electron chi connectivity index (χ4n) is 2.64. The maximum atomic E-state index is 12.8. The summed E-state index contributed by atoms with van der Waals surface area (Å²) in [6.07, 6.45) is 4.84. The van der Waals surface area contributed by atoms with Crippen LogP contribution in [0, 0.1) is 0 Å². The van der Waals surface area contributed by atoms with Crippen LogP contribution in [-0.2, 0) is 16.6 Å². The third-order valence-corrected chi connectivity index (χ3v) is 6.17. The van der Waals surface area contributed by atoms with Crippen molar-refractivity contribution in [3.63, 3.8) is 0 Å². The molecule has 0 atom stereocenters. The van der Waals surface area contributed by atoms with E-state index >= 15 is 0 Å². The molecular formula is C21H22N4O5S. The summed E-state index contributed by atoms with van der Waals surface area (Å²) in [7, 11) is 0.361. The molecule has 0 bridgehead atoms. The van der Waals surface area contributed by atoms with Crippen molar-refractivity contribution in [2.75, 3.05) is 26.5 Å². The molecule has 9 nitrogen and oxygen atoms in total. The van der Waals surface area contributed by atoms with Gasteiger partial charge in [-0.2, -0.15) is 0 Å². The quantitative estimate of drug-likeness (QED) is 0.571. The molecule has 0 aliphatic rings. The van der Waals surface area contributed by atoms with Gasteiger partial charge >= 0.3 is 0 Å². The van der Waals surface area contributed by atoms with Crippen molar-refractivity contribution in [1.82, 2.24) is 14.3 Å². The number of aromatic nitrogens is 2. The topological polar surface area (TPSA) is 111 Å². The summed E-state index contributed by atoms with van der Waals surface area (Å²) < 4.78 is 37.2. The van der Waals surface area contributed by atoms with E-state index in [1.807, 2.05) is 12.1 Å². The molecule has 0 fully saturated rings. The van der Waals surface area contributed by atoms with Gasteiger partial charge in [-0.25, -0.2) is 17.7 Å². The van der Waals surface area contributed by atoms with Crippen molar-refractivity contribution >= 4 is 21.7 Å². The van der Waals surface area contributed by atoms with Gasteiger partial charge in [0.25, 0.3) is 5.91 Å². The number of benzene rings is 1. The number of hydrogen-bond acceptors (Lipinski definition) is 7. The van der Waals surface area contributed by atoms with Crippen molar-refractivity contribution in [2.45, 2.75) is 11.5 Å². The highest BCUT2D eigenvalue weighted by atomic mass is 32.2. The molecule has 0 spiro atoms. The molecule has 3 aromatic rings. The number of methoxy groups -OCH3 is 1. The minimum atomic E-state index is -3.81. The van der Waals surface area contributed by atoms with Crippen molar-refractivity contribution in [2.24, 2.45) is 0 Å². The minimum Gasteiger partial charge on any atom is -0.495 e. The van der Waals surface area contributed by atoms with Gasteiger partial charge in [0, 0.05) is 38.2 Å². The Balaban J connectivity index is 1.84. The molecule has 2 aromatic heterocycles. The number of sulfonamides is 1. The molecule has 0 radical (unpaired) electrons. The van der Waals surface area contributed by atoms with Gasteiger partial charge in [0.2, 0.25) is 10.0 Å². The zero-order valence-corrected chi connectivity index (χ0v) is 18.1. The number of carbonyl (C=O) groups is 1. The molecule has 0 aliphatic heterocycles. The first-order valence-corrected chi connectivity index (χ1v) is 10.7. The first-order valence-electron chi connectivity index (χ1n) is 9.21. The van der Waals surface area contributed by atoms with E-state index in [1.165, 1.54) is 45.6 Å². The van der Waals surface area contributed by atoms with E-state index in [0.29, 0.717) is 5.75 Å². The van der Waals surface area contributed by atoms with Gasteiger partial charge in [-0.05, 0) is 48.0 Å². The molecular weight excluding hydrogens is 420 g/mol. The largest absolute Gasteiger partial charge is 0.495 e. The highest BCUT2D eigenvalue weighted by Gasteiger charge is 2.24. The summed E-state index contributed by atoms with van der Waals surface area (Å²) in [5.41, 5.74) is 1.04. The fraction of sp³-hybridized carbons (Fsp3) is 0.190. The lowest BCUT2D eigenvalue weighted by molar-refractivity contribution is 0.102. The lowest BCUT2D eigenvalue weighted by atomic mass is 10.2. The van der Waals surface area contributed by atoms with Crippen LogP contribution in [0.4, 0.5) is 5.82 Å². The highest BCUT2D eigenvalue weighted by Crippen LogP contribution is 2.28. The molecule has 3 rings (SSSR count). The number of ether oxygens (including phenoxy) is 2. The number of pyridine rings is 2. The van der Waals surface area contributed by atoms with Crippen LogP contribution in [0.25, 0.3) is 0 Å². The molecule has 31 heavy (non-hydrogen) atoms. The standard InChI is InChI=1S/C21H22N4O5S/c1-25(2)31(27,28)19-13-16(6-7-17(19)29-3)21(26)24-20-18(5-4-10-23-20)30-14-15-8-11-22-12-9-15/h4-13H,14H2,1-3H3,(H,23,24,26). The van der Waals surface area contributed by atoms with Crippen LogP contribution in [0.1, 0.15) is 15.9 Å². The maximum Gasteiger partial charge on any atom is 0.256 e. The Morgan fingerprint density at radius 1 is 1.06 bits per heavy atom. The van der Waals surface area contributed by atoms with Crippen LogP contribution in [-0.4, -0.2) is 49.8 Å². The summed E-state index contributed by atoms with van der Waals surface area (Å²) in [5, 5.41) is 2.67. The molecule has 0 saturated carbocycles. The summed E-state index contributed by atoms with van der Waals surface area (Å²) >= 11 is 0. The Morgan fingerprint density at radius 3 is 2.48 bits per heavy atom. The lowest BCUT2D eigenvalue weighted by Gasteiger charge is -2.16. The van der Waals surface area contributed by atoms with E-state index in [0.717, 1.165) is 9.87 Å². The first-order chi connectivity index (χ1) is 14.8. The van der Waals surface area contributed by atoms with Gasteiger partial charge in [-0.15, -0.1) is 0 Å². The summed E-state index contributed by atoms with van der Waals surface area (Å²) in [5.74, 6) is 0.200. The second-order valence-electron chi connectivity index (χ2n) is 6.60. The van der Waals surface area contributed by atoms with Crippen molar-refractivity contribution in [3.8, 4) is 11.5 Å². The Labute approximate surface area is 180 Å². The van der Waals surface area contributed by atoms with Gasteiger partial charge < -0.3 is 14.8 Å². The molecule has 0 saturated heterocycles. The zero-order valence-electron chi connectivity index (χ0n) is 17.3. The Kier molecular flexibility index (Phi) is 6.83. The van der Waals surface area contributed by atoms with Crippen LogP contribution < -0.4 is 14.8 Å². The molecule has 2 heterocycles. The predicted octanol–water partition coefficient (Wildman–Crippen LogP) is 2.57. The van der Waals surface area contributed by atoms with Gasteiger partial charge in [0.15, 0.2) is 11.6 Å². The number of amides is 1. The van der Waals surface area contributed by atoms with Crippen LogP contribution in [0.3, 0.4) is 0 Å². The van der Waals surface area contributed by atoms with E-state index < -0.39 is 15.9 Å². The zero-order chi connectivity index (χ0) is 22.4. The molecule has 1 aromatic carbocycles. The smallest absolute Gasteiger partial charge is 0.256 e. The van der Waals surface area contributed by atoms with E-state index in [-0.39, 0.29) is 28.6 Å². The van der Waals surface area contributed by atoms with Gasteiger partial charge in [-0.3, -0.25) is 9.78 Å². The van der Waals surface area contributed by atoms with Crippen LogP contribution >= 0.6 is 0 Å². The normalized spacial score (nSPS) is 11.2. The van der Waals surface area contributed by atoms with Crippen LogP contribution in [0.2, 0.25) is 0 Å². The summed E-state index contributed by atoms with van der Waals surface area (Å²) in [6.45, 7) is 0.269. The Bertz CT molecular complexity index is 1170. The van der Waals surface area contributed by atoms with Crippen molar-refractivity contribution in [1.29, 1.82) is 0 Å². The van der Waals surface area contributed by atoms with Gasteiger partial charge in [0.05, 0.1) is 7.11 Å². The molecule has 1 amide bonds. The average Bonchev–Trinajstić information content (AvgIpc) is 2.78. The van der Waals surface area contributed by atoms with E-state index in [1.54, 1.807) is 24.5 Å². The van der Waals surface area contributed by atoms with E-state index in [2.05, 4.69) is 15.3 Å². The van der Waals surface area contributed by atoms with E-state index in [4.69, 9.17) is 9.47 Å². The van der Waals surface area contributed by atoms with Crippen molar-refractivity contribution < 1.29 is 22.7 Å². The number of nitrogens with one attached hydrogen (secondary N) is 1. The number of anilines is 1. The molecule has 10 heteroatoms. The minimum absolute atomic E-state index is 0.108. The number of rotatable bonds is 8. The highest BCUT2D eigenvalue weighted by molar-refractivity contribution is 7.89. The van der Waals surface area contributed by atoms with Gasteiger partial charge in [0.1, 0.15) is 17.3 Å². The first kappa shape index (κ1) is 22.2. The Morgan fingerprint density at radius 2 is 1.81 bits per heavy atom. The number of hydrogen-bond donors (Lipinski definition) is 1. The predicted molar refractivity (Wildman–Crippen MR) is 115 cm³/mol. The third kappa shape index (κ3) is 5.16. The van der Waals surface area contributed by atoms with Crippen molar-refractivity contribution in [3.05, 3.63) is 72.2 Å². The fourth-order valence-corrected chi connectivity index (χ4v) is 3.71. The Hall–Kier alpha value is -3.50. The van der Waals surface area contributed by atoms with Crippen LogP contribution in [0.15, 0.2) is 66.0 Å². The molecule has 0 unspecified atom stereocenters. The summed E-state index contributed by atoms with van der Waals surface area (Å²) in [6, 6.07) is 11.2. The SMILES string of the molecule is COc1ccc(C(=O)Nc2ncccc2OCc2ccncc2)cc1S(=O)(=O)N(C)C. The van der Waals surface area contributed by atoms with Crippen LogP contribution in [0.5, 0.6) is 11.5 Å². The second kappa shape index (κ2) is 9.54. The lowest BCUT2D eigenvalue weighted by Crippen LogP contribution is -2.23.